The predicted octanol–water partition coefficient (Wildman–Crippen LogP) is 4.18. The van der Waals surface area contributed by atoms with E-state index < -0.39 is 12.1 Å². The Hall–Kier alpha value is -3.53. The van der Waals surface area contributed by atoms with Crippen molar-refractivity contribution in [2.24, 2.45) is 0 Å². The molecule has 10 heteroatoms. The van der Waals surface area contributed by atoms with Gasteiger partial charge in [0.15, 0.2) is 0 Å². The number of amides is 1. The number of nitrogens with one attached hydrogen (secondary N) is 2. The van der Waals surface area contributed by atoms with E-state index in [4.69, 9.17) is 4.74 Å². The molecule has 0 bridgehead atoms. The van der Waals surface area contributed by atoms with Crippen molar-refractivity contribution in [2.75, 3.05) is 41.8 Å². The molecule has 0 spiro atoms. The number of anilines is 3. The number of nitrogens with zero attached hydrogens (tertiary/aromatic N) is 2. The highest BCUT2D eigenvalue weighted by molar-refractivity contribution is 6.08. The SMILES string of the molecule is O=C1Nc2cc(OC(F)(F)F)ccc2NC2=C1CC(c1ccnc(N3CCOCC3)c1)C=C2. The van der Waals surface area contributed by atoms with Crippen LogP contribution in [-0.4, -0.2) is 43.6 Å². The van der Waals surface area contributed by atoms with Gasteiger partial charge < -0.3 is 25.0 Å². The van der Waals surface area contributed by atoms with Gasteiger partial charge in [-0.3, -0.25) is 4.79 Å². The lowest BCUT2D eigenvalue weighted by Gasteiger charge is -2.28. The summed E-state index contributed by atoms with van der Waals surface area (Å²) in [7, 11) is 0. The van der Waals surface area contributed by atoms with Crippen LogP contribution < -0.4 is 20.3 Å². The van der Waals surface area contributed by atoms with Gasteiger partial charge >= 0.3 is 6.36 Å². The fourth-order valence-corrected chi connectivity index (χ4v) is 4.18. The number of carbonyl (C=O) groups is 1. The Balaban J connectivity index is 1.35. The number of ether oxygens (including phenoxy) is 2. The molecule has 33 heavy (non-hydrogen) atoms. The Bertz CT molecular complexity index is 1140. The third kappa shape index (κ3) is 4.65. The maximum Gasteiger partial charge on any atom is 0.573 e. The Morgan fingerprint density at radius 2 is 1.91 bits per heavy atom. The van der Waals surface area contributed by atoms with Gasteiger partial charge in [0.25, 0.3) is 5.91 Å². The van der Waals surface area contributed by atoms with Gasteiger partial charge in [-0.1, -0.05) is 6.08 Å². The van der Waals surface area contributed by atoms with Crippen molar-refractivity contribution in [3.05, 3.63) is 65.5 Å². The summed E-state index contributed by atoms with van der Waals surface area (Å²) in [6, 6.07) is 7.77. The number of hydrogen-bond donors (Lipinski definition) is 2. The van der Waals surface area contributed by atoms with Gasteiger partial charge in [-0.05, 0) is 42.3 Å². The summed E-state index contributed by atoms with van der Waals surface area (Å²) in [6.07, 6.45) is 1.25. The number of hydrogen-bond acceptors (Lipinski definition) is 6. The highest BCUT2D eigenvalue weighted by Gasteiger charge is 2.32. The molecule has 3 aliphatic rings. The maximum absolute atomic E-state index is 13.0. The average molecular weight is 458 g/mol. The van der Waals surface area contributed by atoms with Gasteiger partial charge in [0.1, 0.15) is 11.6 Å². The minimum absolute atomic E-state index is 0.0376. The third-order valence-electron chi connectivity index (χ3n) is 5.79. The smallest absolute Gasteiger partial charge is 0.406 e. The fraction of sp³-hybridized carbons (Fsp3) is 0.304. The molecule has 1 fully saturated rings. The molecule has 1 aromatic carbocycles. The van der Waals surface area contributed by atoms with E-state index in [1.807, 2.05) is 24.3 Å². The average Bonchev–Trinajstić information content (AvgIpc) is 2.94. The second kappa shape index (κ2) is 8.43. The van der Waals surface area contributed by atoms with Gasteiger partial charge in [0.2, 0.25) is 0 Å². The summed E-state index contributed by atoms with van der Waals surface area (Å²) in [5.74, 6) is 0.0720. The number of benzene rings is 1. The van der Waals surface area contributed by atoms with Crippen LogP contribution in [0.15, 0.2) is 60.0 Å². The molecule has 1 amide bonds. The zero-order valence-corrected chi connectivity index (χ0v) is 17.5. The standard InChI is InChI=1S/C23H21F3N4O3/c24-23(25,26)33-16-2-4-19-20(13-16)29-22(31)17-11-14(1-3-18(17)28-19)15-5-6-27-21(12-15)30-7-9-32-10-8-30/h1-6,12-14,28H,7-11H2,(H,29,31). The number of rotatable bonds is 3. The van der Waals surface area contributed by atoms with E-state index in [0.717, 1.165) is 30.5 Å². The first kappa shape index (κ1) is 21.3. The zero-order chi connectivity index (χ0) is 23.0. The van der Waals surface area contributed by atoms with Gasteiger partial charge in [0, 0.05) is 42.5 Å². The van der Waals surface area contributed by atoms with Crippen molar-refractivity contribution in [1.82, 2.24) is 4.98 Å². The molecular formula is C23H21F3N4O3. The zero-order valence-electron chi connectivity index (χ0n) is 17.5. The lowest BCUT2D eigenvalue weighted by Crippen LogP contribution is -2.36. The van der Waals surface area contributed by atoms with Crippen molar-refractivity contribution in [3.8, 4) is 5.75 Å². The van der Waals surface area contributed by atoms with Crippen LogP contribution in [0.2, 0.25) is 0 Å². The molecule has 5 rings (SSSR count). The molecule has 2 aliphatic heterocycles. The maximum atomic E-state index is 13.0. The van der Waals surface area contributed by atoms with Crippen LogP contribution in [0.5, 0.6) is 5.75 Å². The Morgan fingerprint density at radius 3 is 2.70 bits per heavy atom. The highest BCUT2D eigenvalue weighted by Crippen LogP contribution is 2.38. The Morgan fingerprint density at radius 1 is 1.09 bits per heavy atom. The summed E-state index contributed by atoms with van der Waals surface area (Å²) < 4.78 is 47.1. The number of halogens is 3. The van der Waals surface area contributed by atoms with Crippen LogP contribution in [0.1, 0.15) is 17.9 Å². The molecular weight excluding hydrogens is 437 g/mol. The van der Waals surface area contributed by atoms with E-state index in [0.29, 0.717) is 36.6 Å². The van der Waals surface area contributed by atoms with Crippen LogP contribution in [-0.2, 0) is 9.53 Å². The predicted molar refractivity (Wildman–Crippen MR) is 116 cm³/mol. The molecule has 7 nitrogen and oxygen atoms in total. The molecule has 2 N–H and O–H groups in total. The lowest BCUT2D eigenvalue weighted by molar-refractivity contribution is -0.274. The summed E-state index contributed by atoms with van der Waals surface area (Å²) >= 11 is 0. The number of morpholine rings is 1. The molecule has 3 heterocycles. The van der Waals surface area contributed by atoms with Gasteiger partial charge in [-0.2, -0.15) is 0 Å². The van der Waals surface area contributed by atoms with Crippen LogP contribution in [0.3, 0.4) is 0 Å². The van der Waals surface area contributed by atoms with Crippen LogP contribution >= 0.6 is 0 Å². The van der Waals surface area contributed by atoms with Crippen LogP contribution in [0.25, 0.3) is 0 Å². The second-order valence-corrected chi connectivity index (χ2v) is 7.94. The van der Waals surface area contributed by atoms with Crippen LogP contribution in [0.4, 0.5) is 30.4 Å². The monoisotopic (exact) mass is 458 g/mol. The van der Waals surface area contributed by atoms with E-state index >= 15 is 0 Å². The summed E-state index contributed by atoms with van der Waals surface area (Å²) in [4.78, 5) is 19.6. The van der Waals surface area contributed by atoms with E-state index in [1.54, 1.807) is 6.20 Å². The van der Waals surface area contributed by atoms with E-state index in [2.05, 4.69) is 25.3 Å². The van der Waals surface area contributed by atoms with E-state index in [1.165, 1.54) is 12.1 Å². The molecule has 1 aliphatic carbocycles. The second-order valence-electron chi connectivity index (χ2n) is 7.94. The topological polar surface area (TPSA) is 75.7 Å². The van der Waals surface area contributed by atoms with E-state index in [9.17, 15) is 18.0 Å². The number of pyridine rings is 1. The summed E-state index contributed by atoms with van der Waals surface area (Å²) in [5.41, 5.74) is 2.89. The Kier molecular flexibility index (Phi) is 5.45. The van der Waals surface area contributed by atoms with Crippen molar-refractivity contribution >= 4 is 23.1 Å². The van der Waals surface area contributed by atoms with Gasteiger partial charge in [-0.15, -0.1) is 13.2 Å². The molecule has 0 radical (unpaired) electrons. The fourth-order valence-electron chi connectivity index (χ4n) is 4.18. The lowest BCUT2D eigenvalue weighted by atomic mass is 9.87. The molecule has 1 aromatic heterocycles. The van der Waals surface area contributed by atoms with Crippen molar-refractivity contribution in [2.45, 2.75) is 18.7 Å². The molecule has 172 valence electrons. The first-order valence-electron chi connectivity index (χ1n) is 10.5. The summed E-state index contributed by atoms with van der Waals surface area (Å²) in [5, 5.41) is 5.86. The molecule has 0 saturated carbocycles. The van der Waals surface area contributed by atoms with Gasteiger partial charge in [-0.25, -0.2) is 4.98 Å². The first-order valence-corrected chi connectivity index (χ1v) is 10.5. The van der Waals surface area contributed by atoms with Crippen molar-refractivity contribution < 1.29 is 27.4 Å². The third-order valence-corrected chi connectivity index (χ3v) is 5.79. The quantitative estimate of drug-likeness (QED) is 0.719. The molecule has 1 unspecified atom stereocenters. The molecule has 2 aromatic rings. The largest absolute Gasteiger partial charge is 0.573 e. The first-order chi connectivity index (χ1) is 15.9. The number of allylic oxidation sites excluding steroid dienone is 2. The Labute approximate surface area is 187 Å². The molecule has 1 atom stereocenters. The minimum atomic E-state index is -4.81. The number of alkyl halides is 3. The van der Waals surface area contributed by atoms with Gasteiger partial charge in [0.05, 0.1) is 24.6 Å². The number of fused-ring (bicyclic) bond motifs is 1. The van der Waals surface area contributed by atoms with Crippen molar-refractivity contribution in [3.63, 3.8) is 0 Å². The highest BCUT2D eigenvalue weighted by atomic mass is 19.4. The normalized spacial score (nSPS) is 20.4. The van der Waals surface area contributed by atoms with Crippen molar-refractivity contribution in [1.29, 1.82) is 0 Å². The number of carbonyl (C=O) groups excluding carboxylic acids is 1. The van der Waals surface area contributed by atoms with Crippen LogP contribution in [0, 0.1) is 0 Å². The van der Waals surface area contributed by atoms with E-state index in [-0.39, 0.29) is 17.5 Å². The minimum Gasteiger partial charge on any atom is -0.406 e. The summed E-state index contributed by atoms with van der Waals surface area (Å²) in [6.45, 7) is 2.87. The number of aromatic nitrogens is 1. The molecule has 1 saturated heterocycles.